The molecule has 0 spiro atoms. The van der Waals surface area contributed by atoms with Crippen molar-refractivity contribution in [2.75, 3.05) is 21.9 Å². The molecule has 2 fully saturated rings. The first-order valence-corrected chi connectivity index (χ1v) is 11.5. The Bertz CT molecular complexity index is 969. The highest BCUT2D eigenvalue weighted by atomic mass is 32.2. The van der Waals surface area contributed by atoms with Gasteiger partial charge in [-0.25, -0.2) is 8.42 Å². The van der Waals surface area contributed by atoms with E-state index in [1.807, 2.05) is 37.3 Å². The van der Waals surface area contributed by atoms with Gasteiger partial charge in [0.2, 0.25) is 15.9 Å². The third kappa shape index (κ3) is 4.07. The fourth-order valence-electron chi connectivity index (χ4n) is 3.99. The number of rotatable bonds is 6. The summed E-state index contributed by atoms with van der Waals surface area (Å²) in [5, 5.41) is 3.02. The minimum atomic E-state index is -3.24. The average Bonchev–Trinajstić information content (AvgIpc) is 3.45. The number of nitrogens with zero attached hydrogens (tertiary/aromatic N) is 1. The van der Waals surface area contributed by atoms with Crippen molar-refractivity contribution in [2.45, 2.75) is 38.5 Å². The van der Waals surface area contributed by atoms with Gasteiger partial charge < -0.3 is 5.32 Å². The van der Waals surface area contributed by atoms with Crippen LogP contribution in [0.4, 0.5) is 11.4 Å². The molecule has 1 unspecified atom stereocenters. The van der Waals surface area contributed by atoms with E-state index in [0.717, 1.165) is 5.56 Å². The first-order valence-electron chi connectivity index (χ1n) is 9.90. The molecule has 1 aliphatic heterocycles. The van der Waals surface area contributed by atoms with Crippen LogP contribution in [0, 0.1) is 12.8 Å². The molecule has 2 aromatic carbocycles. The molecule has 2 aromatic rings. The van der Waals surface area contributed by atoms with Gasteiger partial charge in [0.15, 0.2) is 0 Å². The van der Waals surface area contributed by atoms with Gasteiger partial charge in [0.05, 0.1) is 11.4 Å². The monoisotopic (exact) mass is 398 g/mol. The Kier molecular flexibility index (Phi) is 5.15. The molecule has 148 valence electrons. The summed E-state index contributed by atoms with van der Waals surface area (Å²) < 4.78 is 25.9. The van der Waals surface area contributed by atoms with E-state index in [0.29, 0.717) is 36.7 Å². The van der Waals surface area contributed by atoms with Crippen LogP contribution < -0.4 is 9.62 Å². The average molecular weight is 399 g/mol. The van der Waals surface area contributed by atoms with Crippen LogP contribution in [0.3, 0.4) is 0 Å². The summed E-state index contributed by atoms with van der Waals surface area (Å²) in [6.07, 6.45) is 3.43. The lowest BCUT2D eigenvalue weighted by Gasteiger charge is -2.20. The van der Waals surface area contributed by atoms with Gasteiger partial charge in [-0.2, -0.15) is 0 Å². The Hall–Kier alpha value is -2.34. The molecule has 5 nitrogen and oxygen atoms in total. The van der Waals surface area contributed by atoms with Crippen LogP contribution in [0.5, 0.6) is 0 Å². The van der Waals surface area contributed by atoms with E-state index in [4.69, 9.17) is 0 Å². The molecule has 1 N–H and O–H groups in total. The molecule has 1 amide bonds. The summed E-state index contributed by atoms with van der Waals surface area (Å²) in [6, 6.07) is 15.7. The zero-order valence-corrected chi connectivity index (χ0v) is 16.9. The molecule has 2 aliphatic rings. The van der Waals surface area contributed by atoms with Gasteiger partial charge in [-0.3, -0.25) is 9.10 Å². The number of nitrogens with one attached hydrogen (secondary N) is 1. The first kappa shape index (κ1) is 19.0. The van der Waals surface area contributed by atoms with Crippen LogP contribution in [-0.4, -0.2) is 26.6 Å². The van der Waals surface area contributed by atoms with Crippen molar-refractivity contribution in [3.05, 3.63) is 59.7 Å². The van der Waals surface area contributed by atoms with E-state index in [9.17, 15) is 13.2 Å². The number of carbonyl (C=O) groups is 1. The van der Waals surface area contributed by atoms with Crippen molar-refractivity contribution in [2.24, 2.45) is 5.92 Å². The lowest BCUT2D eigenvalue weighted by atomic mass is 9.90. The molecule has 1 heterocycles. The largest absolute Gasteiger partial charge is 0.326 e. The maximum Gasteiger partial charge on any atom is 0.235 e. The molecule has 1 aliphatic carbocycles. The second-order valence-corrected chi connectivity index (χ2v) is 9.86. The lowest BCUT2D eigenvalue weighted by molar-refractivity contribution is -0.116. The smallest absolute Gasteiger partial charge is 0.235 e. The molecule has 1 saturated carbocycles. The summed E-state index contributed by atoms with van der Waals surface area (Å²) in [7, 11) is -3.24. The molecule has 1 atom stereocenters. The first-order chi connectivity index (χ1) is 13.4. The molecular weight excluding hydrogens is 372 g/mol. The minimum absolute atomic E-state index is 0.0229. The van der Waals surface area contributed by atoms with Crippen LogP contribution in [0.15, 0.2) is 48.5 Å². The highest BCUT2D eigenvalue weighted by Crippen LogP contribution is 2.44. The van der Waals surface area contributed by atoms with Crippen LogP contribution in [0.25, 0.3) is 0 Å². The topological polar surface area (TPSA) is 66.5 Å². The molecule has 0 aromatic heterocycles. The number of sulfonamides is 1. The SMILES string of the molecule is Cc1ccc(N2CCCS2(=O)=O)cc1NC(=O)CC(c1ccccc1)C1CC1. The highest BCUT2D eigenvalue weighted by Gasteiger charge is 2.34. The van der Waals surface area contributed by atoms with Crippen LogP contribution in [0.1, 0.15) is 42.7 Å². The Balaban J connectivity index is 1.50. The quantitative estimate of drug-likeness (QED) is 0.798. The molecule has 4 rings (SSSR count). The second-order valence-electron chi connectivity index (χ2n) is 7.85. The zero-order valence-electron chi connectivity index (χ0n) is 16.1. The predicted molar refractivity (Wildman–Crippen MR) is 112 cm³/mol. The Labute approximate surface area is 166 Å². The summed E-state index contributed by atoms with van der Waals surface area (Å²) >= 11 is 0. The number of carbonyl (C=O) groups excluding carboxylic acids is 1. The van der Waals surface area contributed by atoms with E-state index >= 15 is 0 Å². The highest BCUT2D eigenvalue weighted by molar-refractivity contribution is 7.93. The van der Waals surface area contributed by atoms with Crippen molar-refractivity contribution in [3.8, 4) is 0 Å². The van der Waals surface area contributed by atoms with Gasteiger partial charge in [-0.15, -0.1) is 0 Å². The number of aryl methyl sites for hydroxylation is 1. The van der Waals surface area contributed by atoms with Gasteiger partial charge in [0.1, 0.15) is 0 Å². The van der Waals surface area contributed by atoms with Crippen molar-refractivity contribution >= 4 is 27.3 Å². The number of benzene rings is 2. The molecular formula is C22H26N2O3S. The van der Waals surface area contributed by atoms with E-state index < -0.39 is 10.0 Å². The van der Waals surface area contributed by atoms with Crippen molar-refractivity contribution < 1.29 is 13.2 Å². The van der Waals surface area contributed by atoms with Gasteiger partial charge in [-0.1, -0.05) is 36.4 Å². The number of amides is 1. The molecule has 28 heavy (non-hydrogen) atoms. The van der Waals surface area contributed by atoms with E-state index in [2.05, 4.69) is 17.4 Å². The van der Waals surface area contributed by atoms with Crippen LogP contribution >= 0.6 is 0 Å². The van der Waals surface area contributed by atoms with Crippen molar-refractivity contribution in [1.82, 2.24) is 0 Å². The molecule has 1 saturated heterocycles. The van der Waals surface area contributed by atoms with Crippen LogP contribution in [-0.2, 0) is 14.8 Å². The van der Waals surface area contributed by atoms with E-state index in [1.165, 1.54) is 22.7 Å². The van der Waals surface area contributed by atoms with E-state index in [-0.39, 0.29) is 17.6 Å². The van der Waals surface area contributed by atoms with Crippen molar-refractivity contribution in [3.63, 3.8) is 0 Å². The second kappa shape index (κ2) is 7.59. The Morgan fingerprint density at radius 3 is 2.57 bits per heavy atom. The maximum atomic E-state index is 12.8. The summed E-state index contributed by atoms with van der Waals surface area (Å²) in [4.78, 5) is 12.8. The fraction of sp³-hybridized carbons (Fsp3) is 0.409. The molecule has 0 bridgehead atoms. The van der Waals surface area contributed by atoms with Gasteiger partial charge >= 0.3 is 0 Å². The fourth-order valence-corrected chi connectivity index (χ4v) is 5.54. The normalized spacial score (nSPS) is 19.4. The third-order valence-corrected chi connectivity index (χ3v) is 7.58. The predicted octanol–water partition coefficient (Wildman–Crippen LogP) is 4.06. The van der Waals surface area contributed by atoms with E-state index in [1.54, 1.807) is 6.07 Å². The van der Waals surface area contributed by atoms with Gasteiger partial charge in [0.25, 0.3) is 0 Å². The summed E-state index contributed by atoms with van der Waals surface area (Å²) in [5.41, 5.74) is 3.46. The van der Waals surface area contributed by atoms with Gasteiger partial charge in [-0.05, 0) is 61.3 Å². The third-order valence-electron chi connectivity index (χ3n) is 5.71. The Morgan fingerprint density at radius 1 is 1.18 bits per heavy atom. The van der Waals surface area contributed by atoms with Crippen molar-refractivity contribution in [1.29, 1.82) is 0 Å². The maximum absolute atomic E-state index is 12.8. The molecule has 0 radical (unpaired) electrons. The molecule has 6 heteroatoms. The number of hydrogen-bond donors (Lipinski definition) is 1. The van der Waals surface area contributed by atoms with Crippen LogP contribution in [0.2, 0.25) is 0 Å². The standard InChI is InChI=1S/C22H26N2O3S/c1-16-8-11-19(24-12-5-13-28(24,26)27)14-21(16)23-22(25)15-20(18-9-10-18)17-6-3-2-4-7-17/h2-4,6-8,11,14,18,20H,5,9-10,12-13,15H2,1H3,(H,23,25). The summed E-state index contributed by atoms with van der Waals surface area (Å²) in [5.74, 6) is 0.979. The number of anilines is 2. The number of hydrogen-bond acceptors (Lipinski definition) is 3. The summed E-state index contributed by atoms with van der Waals surface area (Å²) in [6.45, 7) is 2.42. The minimum Gasteiger partial charge on any atom is -0.326 e. The van der Waals surface area contributed by atoms with Gasteiger partial charge in [0, 0.05) is 18.7 Å². The lowest BCUT2D eigenvalue weighted by Crippen LogP contribution is -2.25. The zero-order chi connectivity index (χ0) is 19.7. The Morgan fingerprint density at radius 2 is 1.93 bits per heavy atom.